The fraction of sp³-hybridized carbons (Fsp3) is 0.214. The molecule has 0 spiro atoms. The van der Waals surface area contributed by atoms with Crippen molar-refractivity contribution in [2.24, 2.45) is 0 Å². The van der Waals surface area contributed by atoms with Crippen LogP contribution in [-0.4, -0.2) is 33.8 Å². The summed E-state index contributed by atoms with van der Waals surface area (Å²) in [6.45, 7) is 3.02. The van der Waals surface area contributed by atoms with Gasteiger partial charge in [-0.2, -0.15) is 0 Å². The highest BCUT2D eigenvalue weighted by molar-refractivity contribution is 7.99. The number of oxazole rings is 1. The van der Waals surface area contributed by atoms with Crippen molar-refractivity contribution in [2.45, 2.75) is 26.1 Å². The maximum atomic E-state index is 11.2. The maximum absolute atomic E-state index is 11.2. The summed E-state index contributed by atoms with van der Waals surface area (Å²) in [5, 5.41) is 0. The van der Waals surface area contributed by atoms with Crippen molar-refractivity contribution >= 4 is 18.0 Å². The number of aryl methyl sites for hydroxylation is 1. The molecule has 5 rings (SSSR count). The van der Waals surface area contributed by atoms with Crippen LogP contribution in [0.3, 0.4) is 0 Å². The van der Waals surface area contributed by atoms with Gasteiger partial charge in [0.05, 0.1) is 6.04 Å². The number of rotatable bonds is 8. The Labute approximate surface area is 203 Å². The zero-order valence-corrected chi connectivity index (χ0v) is 19.8. The monoisotopic (exact) mass is 470 g/mol. The lowest BCUT2D eigenvalue weighted by Gasteiger charge is -2.18. The number of benzene rings is 3. The summed E-state index contributed by atoms with van der Waals surface area (Å²) < 4.78 is 11.9. The smallest absolute Gasteiger partial charge is 0.226 e. The molecule has 2 heterocycles. The first-order valence-corrected chi connectivity index (χ1v) is 12.5. The lowest BCUT2D eigenvalue weighted by Crippen LogP contribution is -2.31. The van der Waals surface area contributed by atoms with Gasteiger partial charge < -0.3 is 13.9 Å². The van der Waals surface area contributed by atoms with Crippen LogP contribution in [0.2, 0.25) is 0 Å². The summed E-state index contributed by atoms with van der Waals surface area (Å²) in [6, 6.07) is 26.6. The Morgan fingerprint density at radius 3 is 2.44 bits per heavy atom. The number of carbonyl (C=O) groups is 1. The van der Waals surface area contributed by atoms with Gasteiger partial charge in [0.25, 0.3) is 0 Å². The van der Waals surface area contributed by atoms with Crippen molar-refractivity contribution in [3.8, 4) is 28.3 Å². The van der Waals surface area contributed by atoms with Gasteiger partial charge in [0.2, 0.25) is 5.89 Å². The van der Waals surface area contributed by atoms with Crippen LogP contribution in [0.25, 0.3) is 22.6 Å². The van der Waals surface area contributed by atoms with Crippen LogP contribution in [0, 0.1) is 6.92 Å². The average Bonchev–Trinajstić information content (AvgIpc) is 3.50. The minimum Gasteiger partial charge on any atom is -0.487 e. The molecular formula is C28H26N2O3S. The first-order valence-electron chi connectivity index (χ1n) is 11.3. The molecule has 1 aliphatic heterocycles. The molecule has 4 aromatic rings. The molecule has 1 atom stereocenters. The number of thioether (sulfide) groups is 1. The number of hydrogen-bond acceptors (Lipinski definition) is 6. The van der Waals surface area contributed by atoms with E-state index in [0.717, 1.165) is 52.8 Å². The standard InChI is InChI=1S/C28H26N2O3S/c1-20-27(17-32-26-13-7-21(8-14-26)15-30-19-34-18-25(30)16-31)29-28(33-20)24-11-9-23(10-12-24)22-5-3-2-4-6-22/h2-14,16,25H,15,17-19H2,1H3/t25-/m1/s1. The number of aromatic nitrogens is 1. The van der Waals surface area contributed by atoms with Crippen LogP contribution < -0.4 is 4.74 Å². The van der Waals surface area contributed by atoms with E-state index in [0.29, 0.717) is 12.5 Å². The quantitative estimate of drug-likeness (QED) is 0.296. The van der Waals surface area contributed by atoms with Gasteiger partial charge in [-0.25, -0.2) is 4.98 Å². The number of aldehydes is 1. The molecule has 3 aromatic carbocycles. The van der Waals surface area contributed by atoms with Gasteiger partial charge in [-0.1, -0.05) is 54.6 Å². The minimum atomic E-state index is 0.0137. The molecule has 0 aliphatic carbocycles. The van der Waals surface area contributed by atoms with E-state index in [-0.39, 0.29) is 6.04 Å². The molecular weight excluding hydrogens is 444 g/mol. The molecule has 1 saturated heterocycles. The summed E-state index contributed by atoms with van der Waals surface area (Å²) in [5.41, 5.74) is 5.23. The van der Waals surface area contributed by atoms with E-state index in [1.165, 1.54) is 11.1 Å². The van der Waals surface area contributed by atoms with Gasteiger partial charge in [-0.3, -0.25) is 4.90 Å². The van der Waals surface area contributed by atoms with Crippen molar-refractivity contribution in [1.82, 2.24) is 9.88 Å². The molecule has 1 aromatic heterocycles. The van der Waals surface area contributed by atoms with Gasteiger partial charge >= 0.3 is 0 Å². The normalized spacial score (nSPS) is 16.0. The molecule has 34 heavy (non-hydrogen) atoms. The predicted molar refractivity (Wildman–Crippen MR) is 136 cm³/mol. The third-order valence-electron chi connectivity index (χ3n) is 5.99. The third kappa shape index (κ3) is 5.08. The second-order valence-corrected chi connectivity index (χ2v) is 9.35. The molecule has 5 nitrogen and oxygen atoms in total. The Morgan fingerprint density at radius 1 is 1.00 bits per heavy atom. The number of ether oxygens (including phenoxy) is 1. The van der Waals surface area contributed by atoms with E-state index >= 15 is 0 Å². The van der Waals surface area contributed by atoms with E-state index in [9.17, 15) is 4.79 Å². The summed E-state index contributed by atoms with van der Waals surface area (Å²) in [6.07, 6.45) is 1.05. The van der Waals surface area contributed by atoms with Crippen molar-refractivity contribution < 1.29 is 13.9 Å². The van der Waals surface area contributed by atoms with Crippen LogP contribution >= 0.6 is 11.8 Å². The highest BCUT2D eigenvalue weighted by Gasteiger charge is 2.24. The number of nitrogens with zero attached hydrogens (tertiary/aromatic N) is 2. The highest BCUT2D eigenvalue weighted by Crippen LogP contribution is 2.27. The minimum absolute atomic E-state index is 0.0137. The fourth-order valence-corrected chi connectivity index (χ4v) is 5.13. The molecule has 172 valence electrons. The summed E-state index contributed by atoms with van der Waals surface area (Å²) in [5.74, 6) is 3.90. The van der Waals surface area contributed by atoms with Gasteiger partial charge in [-0.05, 0) is 47.9 Å². The summed E-state index contributed by atoms with van der Waals surface area (Å²) in [4.78, 5) is 18.0. The van der Waals surface area contributed by atoms with Crippen LogP contribution in [0.1, 0.15) is 17.0 Å². The molecule has 0 amide bonds. The van der Waals surface area contributed by atoms with Gasteiger partial charge in [-0.15, -0.1) is 11.8 Å². The van der Waals surface area contributed by atoms with Gasteiger partial charge in [0, 0.05) is 23.7 Å². The Hall–Kier alpha value is -3.35. The molecule has 1 fully saturated rings. The van der Waals surface area contributed by atoms with Crippen LogP contribution in [-0.2, 0) is 17.9 Å². The molecule has 0 bridgehead atoms. The summed E-state index contributed by atoms with van der Waals surface area (Å²) in [7, 11) is 0. The largest absolute Gasteiger partial charge is 0.487 e. The Morgan fingerprint density at radius 2 is 1.71 bits per heavy atom. The first-order chi connectivity index (χ1) is 16.7. The van der Waals surface area contributed by atoms with Crippen molar-refractivity contribution in [1.29, 1.82) is 0 Å². The zero-order chi connectivity index (χ0) is 23.3. The Kier molecular flexibility index (Phi) is 6.79. The molecule has 0 N–H and O–H groups in total. The SMILES string of the molecule is Cc1oc(-c2ccc(-c3ccccc3)cc2)nc1COc1ccc(CN2CSC[C@H]2C=O)cc1. The van der Waals surface area contributed by atoms with Crippen molar-refractivity contribution in [3.63, 3.8) is 0 Å². The number of hydrogen-bond donors (Lipinski definition) is 0. The highest BCUT2D eigenvalue weighted by atomic mass is 32.2. The Balaban J connectivity index is 1.21. The zero-order valence-electron chi connectivity index (χ0n) is 19.0. The van der Waals surface area contributed by atoms with Gasteiger partial charge in [0.1, 0.15) is 30.1 Å². The molecule has 1 aliphatic rings. The van der Waals surface area contributed by atoms with E-state index in [4.69, 9.17) is 9.15 Å². The fourth-order valence-electron chi connectivity index (χ4n) is 3.98. The second kappa shape index (κ2) is 10.3. The van der Waals surface area contributed by atoms with Crippen LogP contribution in [0.15, 0.2) is 83.3 Å². The summed E-state index contributed by atoms with van der Waals surface area (Å²) >= 11 is 1.80. The average molecular weight is 471 g/mol. The van der Waals surface area contributed by atoms with Crippen LogP contribution in [0.5, 0.6) is 5.75 Å². The molecule has 0 saturated carbocycles. The molecule has 0 radical (unpaired) electrons. The lowest BCUT2D eigenvalue weighted by atomic mass is 10.0. The van der Waals surface area contributed by atoms with E-state index in [2.05, 4.69) is 46.3 Å². The van der Waals surface area contributed by atoms with E-state index in [1.807, 2.05) is 49.4 Å². The second-order valence-electron chi connectivity index (χ2n) is 8.35. The Bertz CT molecular complexity index is 1240. The maximum Gasteiger partial charge on any atom is 0.226 e. The predicted octanol–water partition coefficient (Wildman–Crippen LogP) is 5.97. The first kappa shape index (κ1) is 22.4. The van der Waals surface area contributed by atoms with Crippen LogP contribution in [0.4, 0.5) is 0 Å². The molecule has 0 unspecified atom stereocenters. The topological polar surface area (TPSA) is 55.6 Å². The molecule has 6 heteroatoms. The van der Waals surface area contributed by atoms with Crippen molar-refractivity contribution in [3.05, 3.63) is 95.9 Å². The number of carbonyl (C=O) groups excluding carboxylic acids is 1. The lowest BCUT2D eigenvalue weighted by molar-refractivity contribution is -0.111. The van der Waals surface area contributed by atoms with Crippen molar-refractivity contribution in [2.75, 3.05) is 11.6 Å². The van der Waals surface area contributed by atoms with E-state index < -0.39 is 0 Å². The van der Waals surface area contributed by atoms with Gasteiger partial charge in [0.15, 0.2) is 0 Å². The third-order valence-corrected chi connectivity index (χ3v) is 7.08. The van der Waals surface area contributed by atoms with E-state index in [1.54, 1.807) is 11.8 Å².